The zero-order valence-corrected chi connectivity index (χ0v) is 47.8. The highest BCUT2D eigenvalue weighted by Gasteiger charge is 2.25. The Kier molecular flexibility index (Phi) is 16.6. The van der Waals surface area contributed by atoms with Gasteiger partial charge in [-0.1, -0.05) is 19.9 Å². The summed E-state index contributed by atoms with van der Waals surface area (Å²) in [6.07, 6.45) is -0.0897. The van der Waals surface area contributed by atoms with Crippen LogP contribution in [0.3, 0.4) is 0 Å². The number of rotatable bonds is 16. The van der Waals surface area contributed by atoms with Gasteiger partial charge in [-0.05, 0) is 158 Å². The Labute approximate surface area is 468 Å². The highest BCUT2D eigenvalue weighted by molar-refractivity contribution is 7.87. The number of benzene rings is 8. The molecule has 1 heterocycles. The molecule has 0 aliphatic carbocycles. The van der Waals surface area contributed by atoms with Crippen molar-refractivity contribution < 1.29 is 74.7 Å². The monoisotopic (exact) mass is 1220 g/mol. The first kappa shape index (κ1) is 60.0. The molecule has 82 heavy (non-hydrogen) atoms. The van der Waals surface area contributed by atoms with E-state index >= 15 is 0 Å². The van der Waals surface area contributed by atoms with Crippen molar-refractivity contribution >= 4 is 128 Å². The summed E-state index contributed by atoms with van der Waals surface area (Å²) in [5.74, 6) is -1.21. The SMILES string of the molecule is CC.Cc1cc(N=Nc2cc(C)c(N=Nc3c(S(=O)(=O)O)cc4cc(-n5nc6ccc7c(S(=O)(=O)O)cc(S(=O)(=O)O)cc7c6n5)ccc4c3O)cc2C)c(C)cc1N=Nc1ccc2c(OCCCS(=O)(=O)O)cc(S(=O)(=O)O)cc2c1. The summed E-state index contributed by atoms with van der Waals surface area (Å²) in [6.45, 7) is 10.8. The molecule has 8 aromatic carbocycles. The van der Waals surface area contributed by atoms with Crippen LogP contribution < -0.4 is 4.74 Å². The third-order valence-electron chi connectivity index (χ3n) is 12.3. The smallest absolute Gasteiger partial charge is 0.296 e. The van der Waals surface area contributed by atoms with Crippen LogP contribution in [0.5, 0.6) is 11.5 Å². The topological polar surface area (TPSA) is 406 Å². The van der Waals surface area contributed by atoms with Gasteiger partial charge in [-0.3, -0.25) is 22.8 Å². The normalized spacial score (nSPS) is 12.9. The lowest BCUT2D eigenvalue weighted by Gasteiger charge is -2.11. The van der Waals surface area contributed by atoms with Gasteiger partial charge in [0.1, 0.15) is 32.3 Å². The molecular weight excluding hydrogens is 1170 g/mol. The Morgan fingerprint density at radius 2 is 1.00 bits per heavy atom. The molecule has 0 aliphatic heterocycles. The first-order valence-corrected chi connectivity index (χ1v) is 31.4. The third-order valence-corrected chi connectivity index (χ3v) is 16.6. The number of ether oxygens (including phenoxy) is 1. The number of hydrogen-bond acceptors (Lipinski definition) is 20. The van der Waals surface area contributed by atoms with Crippen molar-refractivity contribution in [2.24, 2.45) is 30.7 Å². The predicted octanol–water partition coefficient (Wildman–Crippen LogP) is 11.7. The zero-order valence-electron chi connectivity index (χ0n) is 43.7. The Morgan fingerprint density at radius 1 is 0.488 bits per heavy atom. The summed E-state index contributed by atoms with van der Waals surface area (Å²) in [5.41, 5.74) is 3.96. The van der Waals surface area contributed by atoms with Crippen LogP contribution in [0.2, 0.25) is 0 Å². The van der Waals surface area contributed by atoms with Gasteiger partial charge in [-0.2, -0.15) is 72.5 Å². The molecule has 9 aromatic rings. The van der Waals surface area contributed by atoms with E-state index in [-0.39, 0.29) is 62.7 Å². The molecule has 0 fully saturated rings. The number of hydrogen-bond donors (Lipinski definition) is 6. The molecule has 0 radical (unpaired) electrons. The van der Waals surface area contributed by atoms with Crippen LogP contribution in [0, 0.1) is 27.7 Å². The fraction of sp³-hybridized carbons (Fsp3) is 0.176. The summed E-state index contributed by atoms with van der Waals surface area (Å²) in [7, 11) is -24.0. The molecule has 0 amide bonds. The Balaban J connectivity index is 0.00000435. The van der Waals surface area contributed by atoms with Crippen LogP contribution >= 0.6 is 0 Å². The number of nitrogens with zero attached hydrogens (tertiary/aromatic N) is 9. The predicted molar refractivity (Wildman–Crippen MR) is 301 cm³/mol. The number of phenols is 1. The van der Waals surface area contributed by atoms with Crippen LogP contribution in [0.1, 0.15) is 42.5 Å². The quantitative estimate of drug-likeness (QED) is 0.0297. The molecule has 1 aromatic heterocycles. The van der Waals surface area contributed by atoms with Crippen molar-refractivity contribution in [1.82, 2.24) is 15.0 Å². The highest BCUT2D eigenvalue weighted by Crippen LogP contribution is 2.43. The van der Waals surface area contributed by atoms with E-state index < -0.39 is 87.4 Å². The maximum atomic E-state index is 12.8. The minimum Gasteiger partial charge on any atom is -0.505 e. The van der Waals surface area contributed by atoms with E-state index in [9.17, 15) is 65.4 Å². The van der Waals surface area contributed by atoms with E-state index in [1.54, 1.807) is 64.1 Å². The van der Waals surface area contributed by atoms with Crippen LogP contribution in [-0.2, 0) is 50.6 Å². The minimum absolute atomic E-state index is 0.0447. The van der Waals surface area contributed by atoms with Gasteiger partial charge in [-0.15, -0.1) is 15.3 Å². The molecule has 428 valence electrons. The molecule has 0 spiro atoms. The largest absolute Gasteiger partial charge is 0.505 e. The molecule has 0 bridgehead atoms. The second-order valence-electron chi connectivity index (χ2n) is 18.1. The number of azo groups is 3. The standard InChI is InChI=1S/C49H41N9O17S5.C2H6/c1-25-15-41(26(2)14-40(25)51-50-31-6-8-35-29(18-31)20-33(77(63,64)65)23-44(35)75-12-5-13-76(60,61)62)52-53-42-16-28(4)43(17-27(42)3)54-55-48-46(80(72,73)74)21-30-19-32(7-9-36(30)49(48)59)58-56-39-11-10-37-38(47(39)57-58)22-34(78(66,67)68)24-45(37)79(69,70)71;1-2/h6-11,14-24,59H,5,12-13H2,1-4H3,(H,60,61,62)(H,63,64,65)(H,66,67,68)(H,69,70,71)(H,72,73,74);1-2H3. The van der Waals surface area contributed by atoms with Gasteiger partial charge in [-0.25, -0.2) is 0 Å². The summed E-state index contributed by atoms with van der Waals surface area (Å²) >= 11 is 0. The number of aryl methyl sites for hydroxylation is 4. The van der Waals surface area contributed by atoms with E-state index in [1.165, 1.54) is 42.5 Å². The van der Waals surface area contributed by atoms with Gasteiger partial charge in [0.05, 0.1) is 56.3 Å². The fourth-order valence-electron chi connectivity index (χ4n) is 8.36. The molecule has 0 atom stereocenters. The van der Waals surface area contributed by atoms with Gasteiger partial charge < -0.3 is 9.84 Å². The second-order valence-corrected chi connectivity index (χ2v) is 25.3. The van der Waals surface area contributed by atoms with Crippen molar-refractivity contribution in [2.75, 3.05) is 12.4 Å². The summed E-state index contributed by atoms with van der Waals surface area (Å²) in [4.78, 5) is -1.91. The summed E-state index contributed by atoms with van der Waals surface area (Å²) < 4.78 is 175. The Bertz CT molecular complexity index is 4820. The van der Waals surface area contributed by atoms with Crippen molar-refractivity contribution in [3.05, 3.63) is 125 Å². The van der Waals surface area contributed by atoms with Gasteiger partial charge in [0.2, 0.25) is 0 Å². The van der Waals surface area contributed by atoms with E-state index in [2.05, 4.69) is 40.9 Å². The van der Waals surface area contributed by atoms with Crippen LogP contribution in [-0.4, -0.2) is 97.3 Å². The molecule has 6 N–H and O–H groups in total. The third kappa shape index (κ3) is 13.1. The van der Waals surface area contributed by atoms with Crippen molar-refractivity contribution in [3.63, 3.8) is 0 Å². The first-order chi connectivity index (χ1) is 38.3. The van der Waals surface area contributed by atoms with Crippen molar-refractivity contribution in [1.29, 1.82) is 0 Å². The summed E-state index contributed by atoms with van der Waals surface area (Å²) in [6, 6.07) is 23.1. The van der Waals surface area contributed by atoms with E-state index in [4.69, 9.17) is 9.29 Å². The van der Waals surface area contributed by atoms with Crippen LogP contribution in [0.4, 0.5) is 34.1 Å². The Hall–Kier alpha value is -8.11. The average molecular weight is 1220 g/mol. The first-order valence-electron chi connectivity index (χ1n) is 24.0. The minimum atomic E-state index is -5.09. The van der Waals surface area contributed by atoms with Gasteiger partial charge in [0.25, 0.3) is 50.6 Å². The van der Waals surface area contributed by atoms with Gasteiger partial charge in [0.15, 0.2) is 5.75 Å². The number of aromatic nitrogens is 3. The molecule has 26 nitrogen and oxygen atoms in total. The van der Waals surface area contributed by atoms with Crippen molar-refractivity contribution in [2.45, 2.75) is 67.5 Å². The summed E-state index contributed by atoms with van der Waals surface area (Å²) in [5, 5.41) is 46.7. The lowest BCUT2D eigenvalue weighted by molar-refractivity contribution is 0.319. The van der Waals surface area contributed by atoms with Crippen LogP contribution in [0.25, 0.3) is 49.0 Å². The average Bonchev–Trinajstić information content (AvgIpc) is 2.35. The number of fused-ring (bicyclic) bond motifs is 5. The molecule has 9 rings (SSSR count). The number of phenolic OH excluding ortho intramolecular Hbond substituents is 1. The number of aromatic hydroxyl groups is 1. The van der Waals surface area contributed by atoms with Crippen molar-refractivity contribution in [3.8, 4) is 17.2 Å². The molecule has 0 saturated heterocycles. The van der Waals surface area contributed by atoms with Gasteiger partial charge >= 0.3 is 0 Å². The highest BCUT2D eigenvalue weighted by atomic mass is 32.2. The molecule has 0 saturated carbocycles. The lowest BCUT2D eigenvalue weighted by Crippen LogP contribution is -2.09. The van der Waals surface area contributed by atoms with Gasteiger partial charge in [0, 0.05) is 27.6 Å². The van der Waals surface area contributed by atoms with E-state index in [1.807, 2.05) is 13.8 Å². The lowest BCUT2D eigenvalue weighted by atomic mass is 10.1. The molecular formula is C51H47N9O17S5. The maximum Gasteiger partial charge on any atom is 0.296 e. The van der Waals surface area contributed by atoms with E-state index in [0.717, 1.165) is 23.0 Å². The van der Waals surface area contributed by atoms with E-state index in [0.29, 0.717) is 61.8 Å². The second kappa shape index (κ2) is 22.7. The molecule has 0 unspecified atom stereocenters. The van der Waals surface area contributed by atoms with Crippen LogP contribution in [0.15, 0.2) is 153 Å². The zero-order chi connectivity index (χ0) is 60.0. The molecule has 31 heteroatoms. The molecule has 0 aliphatic rings. The Morgan fingerprint density at radius 3 is 1.55 bits per heavy atom. The maximum absolute atomic E-state index is 12.8. The fourth-order valence-corrected chi connectivity index (χ4v) is 11.4.